The predicted octanol–water partition coefficient (Wildman–Crippen LogP) is 4.10. The minimum Gasteiger partial charge on any atom is -0.334 e. The highest BCUT2D eigenvalue weighted by atomic mass is 35.5. The summed E-state index contributed by atoms with van der Waals surface area (Å²) in [6.07, 6.45) is 3.94. The van der Waals surface area contributed by atoms with Gasteiger partial charge in [-0.2, -0.15) is 0 Å². The van der Waals surface area contributed by atoms with E-state index in [1.165, 1.54) is 12.1 Å². The van der Waals surface area contributed by atoms with Gasteiger partial charge in [-0.1, -0.05) is 30.5 Å². The van der Waals surface area contributed by atoms with Crippen LogP contribution in [-0.4, -0.2) is 29.3 Å². The van der Waals surface area contributed by atoms with Crippen molar-refractivity contribution in [2.24, 2.45) is 0 Å². The molecule has 0 bridgehead atoms. The molecule has 0 spiro atoms. The molecule has 0 radical (unpaired) electrons. The van der Waals surface area contributed by atoms with E-state index in [-0.39, 0.29) is 22.5 Å². The van der Waals surface area contributed by atoms with Gasteiger partial charge >= 0.3 is 0 Å². The maximum absolute atomic E-state index is 13.9. The van der Waals surface area contributed by atoms with Crippen molar-refractivity contribution in [2.75, 3.05) is 12.4 Å². The van der Waals surface area contributed by atoms with Crippen molar-refractivity contribution < 1.29 is 9.18 Å². The Morgan fingerprint density at radius 1 is 1.37 bits per heavy atom. The van der Waals surface area contributed by atoms with Gasteiger partial charge in [0, 0.05) is 18.5 Å². The van der Waals surface area contributed by atoms with Crippen LogP contribution in [0.1, 0.15) is 36.0 Å². The number of carbonyl (C=O) groups excluding carboxylic acids is 1. The van der Waals surface area contributed by atoms with Crippen LogP contribution in [-0.2, 0) is 0 Å². The molecule has 1 aromatic rings. The normalized spacial score (nSPS) is 20.2. The maximum Gasteiger partial charge on any atom is 0.257 e. The van der Waals surface area contributed by atoms with Crippen molar-refractivity contribution in [3.63, 3.8) is 0 Å². The molecule has 2 nitrogen and oxygen atoms in total. The molecule has 19 heavy (non-hydrogen) atoms. The number of amides is 1. The summed E-state index contributed by atoms with van der Waals surface area (Å²) in [4.78, 5) is 14.2. The average Bonchev–Trinajstić information content (AvgIpc) is 2.66. The topological polar surface area (TPSA) is 20.3 Å². The molecular weight excluding hydrogens is 288 g/mol. The van der Waals surface area contributed by atoms with Gasteiger partial charge in [0.25, 0.3) is 5.91 Å². The summed E-state index contributed by atoms with van der Waals surface area (Å²) in [5.74, 6) is -0.576. The van der Waals surface area contributed by atoms with Gasteiger partial charge in [0.05, 0.1) is 10.6 Å². The molecule has 1 saturated heterocycles. The standard InChI is InChI=1S/C14H16Cl2FNO/c15-9-10-5-2-1-3-8-18(10)14(19)11-6-4-7-12(16)13(11)17/h4,6-7,10H,1-3,5,8-9H2. The lowest BCUT2D eigenvalue weighted by Crippen LogP contribution is -2.41. The molecule has 1 heterocycles. The predicted molar refractivity (Wildman–Crippen MR) is 75.4 cm³/mol. The van der Waals surface area contributed by atoms with E-state index in [0.29, 0.717) is 12.4 Å². The van der Waals surface area contributed by atoms with Crippen LogP contribution in [0.15, 0.2) is 18.2 Å². The number of benzene rings is 1. The van der Waals surface area contributed by atoms with Crippen molar-refractivity contribution in [1.82, 2.24) is 4.90 Å². The van der Waals surface area contributed by atoms with Gasteiger partial charge in [0.1, 0.15) is 0 Å². The lowest BCUT2D eigenvalue weighted by atomic mass is 10.1. The van der Waals surface area contributed by atoms with Gasteiger partial charge in [-0.15, -0.1) is 11.6 Å². The highest BCUT2D eigenvalue weighted by Crippen LogP contribution is 2.24. The van der Waals surface area contributed by atoms with E-state index >= 15 is 0 Å². The van der Waals surface area contributed by atoms with E-state index in [4.69, 9.17) is 23.2 Å². The van der Waals surface area contributed by atoms with Crippen LogP contribution in [0, 0.1) is 5.82 Å². The Labute approximate surface area is 122 Å². The van der Waals surface area contributed by atoms with Crippen LogP contribution in [0.4, 0.5) is 4.39 Å². The number of halogens is 3. The molecule has 1 aliphatic heterocycles. The van der Waals surface area contributed by atoms with Gasteiger partial charge in [-0.05, 0) is 25.0 Å². The van der Waals surface area contributed by atoms with Crippen molar-refractivity contribution in [3.05, 3.63) is 34.6 Å². The molecule has 0 aromatic heterocycles. The van der Waals surface area contributed by atoms with Gasteiger partial charge in [-0.3, -0.25) is 4.79 Å². The monoisotopic (exact) mass is 303 g/mol. The fourth-order valence-electron chi connectivity index (χ4n) is 2.43. The molecule has 1 aliphatic rings. The third-order valence-electron chi connectivity index (χ3n) is 3.50. The number of nitrogens with zero attached hydrogens (tertiary/aromatic N) is 1. The Morgan fingerprint density at radius 2 is 2.16 bits per heavy atom. The Hall–Kier alpha value is -0.800. The maximum atomic E-state index is 13.9. The lowest BCUT2D eigenvalue weighted by molar-refractivity contribution is 0.0695. The van der Waals surface area contributed by atoms with E-state index < -0.39 is 5.82 Å². The molecule has 1 aromatic carbocycles. The van der Waals surface area contributed by atoms with Gasteiger partial charge in [0.15, 0.2) is 5.82 Å². The molecule has 0 saturated carbocycles. The highest BCUT2D eigenvalue weighted by Gasteiger charge is 2.27. The zero-order chi connectivity index (χ0) is 13.8. The Bertz CT molecular complexity index is 467. The third kappa shape index (κ3) is 3.21. The second kappa shape index (κ2) is 6.58. The Kier molecular flexibility index (Phi) is 5.06. The summed E-state index contributed by atoms with van der Waals surface area (Å²) in [6.45, 7) is 0.627. The number of likely N-dealkylation sites (tertiary alicyclic amines) is 1. The van der Waals surface area contributed by atoms with Crippen LogP contribution >= 0.6 is 23.2 Å². The van der Waals surface area contributed by atoms with Gasteiger partial charge in [-0.25, -0.2) is 4.39 Å². The van der Waals surface area contributed by atoms with E-state index in [9.17, 15) is 9.18 Å². The van der Waals surface area contributed by atoms with Crippen molar-refractivity contribution >= 4 is 29.1 Å². The number of hydrogen-bond donors (Lipinski definition) is 0. The van der Waals surface area contributed by atoms with Crippen LogP contribution < -0.4 is 0 Å². The largest absolute Gasteiger partial charge is 0.334 e. The van der Waals surface area contributed by atoms with Crippen LogP contribution in [0.25, 0.3) is 0 Å². The smallest absolute Gasteiger partial charge is 0.257 e. The molecule has 1 amide bonds. The molecule has 0 N–H and O–H groups in total. The lowest BCUT2D eigenvalue weighted by Gasteiger charge is -2.28. The Balaban J connectivity index is 2.28. The van der Waals surface area contributed by atoms with Crippen molar-refractivity contribution in [1.29, 1.82) is 0 Å². The second-order valence-corrected chi connectivity index (χ2v) is 5.47. The number of alkyl halides is 1. The van der Waals surface area contributed by atoms with E-state index in [1.54, 1.807) is 11.0 Å². The number of hydrogen-bond acceptors (Lipinski definition) is 1. The summed E-state index contributed by atoms with van der Waals surface area (Å²) in [6, 6.07) is 4.48. The summed E-state index contributed by atoms with van der Waals surface area (Å²) in [5, 5.41) is -0.0249. The SMILES string of the molecule is O=C(c1cccc(Cl)c1F)N1CCCCCC1CCl. The molecule has 1 atom stereocenters. The van der Waals surface area contributed by atoms with Crippen LogP contribution in [0.5, 0.6) is 0 Å². The van der Waals surface area contributed by atoms with E-state index in [0.717, 1.165) is 25.7 Å². The van der Waals surface area contributed by atoms with Crippen molar-refractivity contribution in [2.45, 2.75) is 31.7 Å². The summed E-state index contributed by atoms with van der Waals surface area (Å²) >= 11 is 11.7. The fraction of sp³-hybridized carbons (Fsp3) is 0.500. The van der Waals surface area contributed by atoms with Crippen LogP contribution in [0.2, 0.25) is 5.02 Å². The molecule has 2 rings (SSSR count). The molecule has 1 unspecified atom stereocenters. The molecule has 1 fully saturated rings. The van der Waals surface area contributed by atoms with Crippen LogP contribution in [0.3, 0.4) is 0 Å². The van der Waals surface area contributed by atoms with E-state index in [2.05, 4.69) is 0 Å². The summed E-state index contributed by atoms with van der Waals surface area (Å²) < 4.78 is 13.9. The minimum absolute atomic E-state index is 0.0185. The molecule has 0 aliphatic carbocycles. The fourth-order valence-corrected chi connectivity index (χ4v) is 2.92. The third-order valence-corrected chi connectivity index (χ3v) is 4.15. The average molecular weight is 304 g/mol. The van der Waals surface area contributed by atoms with Gasteiger partial charge in [0.2, 0.25) is 0 Å². The Morgan fingerprint density at radius 3 is 2.89 bits per heavy atom. The number of carbonyl (C=O) groups is 1. The summed E-state index contributed by atoms with van der Waals surface area (Å²) in [5.41, 5.74) is 0.0320. The van der Waals surface area contributed by atoms with Crippen molar-refractivity contribution in [3.8, 4) is 0 Å². The van der Waals surface area contributed by atoms with E-state index in [1.807, 2.05) is 0 Å². The first-order valence-corrected chi connectivity index (χ1v) is 7.37. The first-order chi connectivity index (χ1) is 9.15. The zero-order valence-corrected chi connectivity index (χ0v) is 12.1. The zero-order valence-electron chi connectivity index (χ0n) is 10.5. The molecule has 104 valence electrons. The van der Waals surface area contributed by atoms with Gasteiger partial charge < -0.3 is 4.90 Å². The highest BCUT2D eigenvalue weighted by molar-refractivity contribution is 6.31. The summed E-state index contributed by atoms with van der Waals surface area (Å²) in [7, 11) is 0. The quantitative estimate of drug-likeness (QED) is 0.753. The second-order valence-electron chi connectivity index (χ2n) is 4.76. The molecule has 5 heteroatoms. The minimum atomic E-state index is -0.647. The molecular formula is C14H16Cl2FNO. The first kappa shape index (κ1) is 14.6. The first-order valence-electron chi connectivity index (χ1n) is 6.46. The number of rotatable bonds is 2.